The Bertz CT molecular complexity index is 346. The number of halogens is 1. The van der Waals surface area contributed by atoms with E-state index in [1.54, 1.807) is 6.20 Å². The van der Waals surface area contributed by atoms with E-state index in [-0.39, 0.29) is 0 Å². The van der Waals surface area contributed by atoms with Crippen LogP contribution in [0.1, 0.15) is 37.2 Å². The molecule has 0 atom stereocenters. The van der Waals surface area contributed by atoms with Crippen LogP contribution in [-0.2, 0) is 0 Å². The van der Waals surface area contributed by atoms with Gasteiger partial charge in [0.2, 0.25) is 0 Å². The van der Waals surface area contributed by atoms with Gasteiger partial charge in [0.25, 0.3) is 0 Å². The summed E-state index contributed by atoms with van der Waals surface area (Å²) in [6, 6.07) is 2.29. The average Bonchev–Trinajstić information content (AvgIpc) is 2.23. The molecule has 1 saturated carbocycles. The molecule has 1 heterocycles. The van der Waals surface area contributed by atoms with Crippen molar-refractivity contribution in [2.75, 3.05) is 5.73 Å². The molecule has 1 aliphatic carbocycles. The van der Waals surface area contributed by atoms with Gasteiger partial charge in [-0.3, -0.25) is 0 Å². The van der Waals surface area contributed by atoms with E-state index < -0.39 is 0 Å². The summed E-state index contributed by atoms with van der Waals surface area (Å²) in [5.41, 5.74) is 12.8. The first-order chi connectivity index (χ1) is 7.16. The largest absolute Gasteiger partial charge is 0.383 e. The van der Waals surface area contributed by atoms with Crippen molar-refractivity contribution in [1.29, 1.82) is 0 Å². The standard InChI is InChI=1S/C11H16ClN3/c12-8-5-10(11(14)15-6-8)7-1-3-9(13)4-2-7/h5-7,9H,1-4,13H2,(H2,14,15). The Labute approximate surface area is 94.8 Å². The molecule has 2 rings (SSSR count). The molecule has 1 aromatic heterocycles. The van der Waals surface area contributed by atoms with Gasteiger partial charge in [0.15, 0.2) is 0 Å². The maximum Gasteiger partial charge on any atom is 0.126 e. The number of nitrogens with two attached hydrogens (primary N) is 2. The second kappa shape index (κ2) is 4.37. The lowest BCUT2D eigenvalue weighted by Crippen LogP contribution is -2.26. The zero-order valence-electron chi connectivity index (χ0n) is 8.62. The van der Waals surface area contributed by atoms with Crippen LogP contribution in [0.3, 0.4) is 0 Å². The van der Waals surface area contributed by atoms with Gasteiger partial charge in [-0.15, -0.1) is 0 Å². The third-order valence-corrected chi connectivity index (χ3v) is 3.33. The first kappa shape index (κ1) is 10.7. The molecule has 4 N–H and O–H groups in total. The van der Waals surface area contributed by atoms with E-state index in [4.69, 9.17) is 23.1 Å². The van der Waals surface area contributed by atoms with Crippen LogP contribution < -0.4 is 11.5 Å². The predicted octanol–water partition coefficient (Wildman–Crippen LogP) is 2.30. The van der Waals surface area contributed by atoms with Crippen molar-refractivity contribution in [1.82, 2.24) is 4.98 Å². The van der Waals surface area contributed by atoms with Gasteiger partial charge in [-0.2, -0.15) is 0 Å². The van der Waals surface area contributed by atoms with Crippen molar-refractivity contribution in [2.45, 2.75) is 37.6 Å². The molecule has 0 aromatic carbocycles. The SMILES string of the molecule is Nc1ncc(Cl)cc1C1CCC(N)CC1. The normalized spacial score (nSPS) is 26.5. The molecule has 4 heteroatoms. The van der Waals surface area contributed by atoms with Crippen LogP contribution >= 0.6 is 11.6 Å². The lowest BCUT2D eigenvalue weighted by atomic mass is 9.82. The van der Waals surface area contributed by atoms with Gasteiger partial charge in [-0.1, -0.05) is 11.6 Å². The minimum absolute atomic E-state index is 0.356. The fourth-order valence-corrected chi connectivity index (χ4v) is 2.39. The number of aromatic nitrogens is 1. The van der Waals surface area contributed by atoms with E-state index in [1.807, 2.05) is 6.07 Å². The monoisotopic (exact) mass is 225 g/mol. The summed E-state index contributed by atoms with van der Waals surface area (Å²) in [7, 11) is 0. The first-order valence-electron chi connectivity index (χ1n) is 5.33. The molecule has 0 spiro atoms. The first-order valence-corrected chi connectivity index (χ1v) is 5.71. The summed E-state index contributed by atoms with van der Waals surface area (Å²) in [5, 5.41) is 0.661. The van der Waals surface area contributed by atoms with Crippen molar-refractivity contribution in [3.8, 4) is 0 Å². The molecular formula is C11H16ClN3. The van der Waals surface area contributed by atoms with Crippen molar-refractivity contribution >= 4 is 17.4 Å². The fraction of sp³-hybridized carbons (Fsp3) is 0.545. The predicted molar refractivity (Wildman–Crippen MR) is 62.8 cm³/mol. The molecule has 3 nitrogen and oxygen atoms in total. The molecule has 82 valence electrons. The van der Waals surface area contributed by atoms with Crippen molar-refractivity contribution in [3.05, 3.63) is 22.8 Å². The Balaban J connectivity index is 2.18. The summed E-state index contributed by atoms with van der Waals surface area (Å²) in [5.74, 6) is 1.09. The molecule has 0 unspecified atom stereocenters. The van der Waals surface area contributed by atoms with Crippen LogP contribution in [0.5, 0.6) is 0 Å². The van der Waals surface area contributed by atoms with Crippen molar-refractivity contribution in [3.63, 3.8) is 0 Å². The number of hydrogen-bond donors (Lipinski definition) is 2. The van der Waals surface area contributed by atoms with Crippen LogP contribution in [-0.4, -0.2) is 11.0 Å². The van der Waals surface area contributed by atoms with Crippen LogP contribution in [0.15, 0.2) is 12.3 Å². The molecule has 0 saturated heterocycles. The van der Waals surface area contributed by atoms with Gasteiger partial charge in [-0.05, 0) is 43.2 Å². The highest BCUT2D eigenvalue weighted by Crippen LogP contribution is 2.35. The van der Waals surface area contributed by atoms with Gasteiger partial charge in [0, 0.05) is 12.2 Å². The highest BCUT2D eigenvalue weighted by molar-refractivity contribution is 6.30. The van der Waals surface area contributed by atoms with Crippen LogP contribution in [0.2, 0.25) is 5.02 Å². The molecule has 0 aliphatic heterocycles. The van der Waals surface area contributed by atoms with E-state index in [9.17, 15) is 0 Å². The van der Waals surface area contributed by atoms with Gasteiger partial charge < -0.3 is 11.5 Å². The van der Waals surface area contributed by atoms with E-state index in [1.165, 1.54) is 0 Å². The smallest absolute Gasteiger partial charge is 0.126 e. The second-order valence-electron chi connectivity index (χ2n) is 4.24. The maximum atomic E-state index is 5.92. The number of pyridine rings is 1. The number of rotatable bonds is 1. The molecule has 1 fully saturated rings. The lowest BCUT2D eigenvalue weighted by Gasteiger charge is -2.26. The molecule has 0 bridgehead atoms. The zero-order chi connectivity index (χ0) is 10.8. The minimum atomic E-state index is 0.356. The molecule has 1 aliphatic rings. The summed E-state index contributed by atoms with van der Waals surface area (Å²) < 4.78 is 0. The molecule has 15 heavy (non-hydrogen) atoms. The van der Waals surface area contributed by atoms with Crippen LogP contribution in [0.4, 0.5) is 5.82 Å². The highest BCUT2D eigenvalue weighted by atomic mass is 35.5. The summed E-state index contributed by atoms with van der Waals surface area (Å²) in [6.45, 7) is 0. The Morgan fingerprint density at radius 3 is 2.60 bits per heavy atom. The molecular weight excluding hydrogens is 210 g/mol. The topological polar surface area (TPSA) is 64.9 Å². The van der Waals surface area contributed by atoms with E-state index >= 15 is 0 Å². The highest BCUT2D eigenvalue weighted by Gasteiger charge is 2.22. The third kappa shape index (κ3) is 2.41. The van der Waals surface area contributed by atoms with Gasteiger partial charge in [-0.25, -0.2) is 4.98 Å². The molecule has 0 amide bonds. The van der Waals surface area contributed by atoms with E-state index in [0.717, 1.165) is 31.2 Å². The number of nitrogens with zero attached hydrogens (tertiary/aromatic N) is 1. The summed E-state index contributed by atoms with van der Waals surface area (Å²) in [4.78, 5) is 4.09. The average molecular weight is 226 g/mol. The van der Waals surface area contributed by atoms with E-state index in [0.29, 0.717) is 22.8 Å². The zero-order valence-corrected chi connectivity index (χ0v) is 9.37. The third-order valence-electron chi connectivity index (χ3n) is 3.13. The minimum Gasteiger partial charge on any atom is -0.383 e. The fourth-order valence-electron chi connectivity index (χ4n) is 2.22. The summed E-state index contributed by atoms with van der Waals surface area (Å²) >= 11 is 5.92. The molecule has 0 radical (unpaired) electrons. The Morgan fingerprint density at radius 2 is 1.93 bits per heavy atom. The quantitative estimate of drug-likeness (QED) is 0.771. The van der Waals surface area contributed by atoms with E-state index in [2.05, 4.69) is 4.98 Å². The van der Waals surface area contributed by atoms with Gasteiger partial charge in [0.05, 0.1) is 5.02 Å². The number of nitrogen functional groups attached to an aromatic ring is 1. The molecule has 1 aromatic rings. The van der Waals surface area contributed by atoms with Gasteiger partial charge >= 0.3 is 0 Å². The van der Waals surface area contributed by atoms with Crippen molar-refractivity contribution in [2.24, 2.45) is 5.73 Å². The van der Waals surface area contributed by atoms with Gasteiger partial charge in [0.1, 0.15) is 5.82 Å². The Morgan fingerprint density at radius 1 is 1.27 bits per heavy atom. The summed E-state index contributed by atoms with van der Waals surface area (Å²) in [6.07, 6.45) is 5.91. The van der Waals surface area contributed by atoms with Crippen molar-refractivity contribution < 1.29 is 0 Å². The van der Waals surface area contributed by atoms with Crippen LogP contribution in [0.25, 0.3) is 0 Å². The van der Waals surface area contributed by atoms with Crippen LogP contribution in [0, 0.1) is 0 Å². The Hall–Kier alpha value is -0.800. The maximum absolute atomic E-state index is 5.92. The number of anilines is 1. The Kier molecular flexibility index (Phi) is 3.12. The number of hydrogen-bond acceptors (Lipinski definition) is 3. The lowest BCUT2D eigenvalue weighted by molar-refractivity contribution is 0.396. The second-order valence-corrected chi connectivity index (χ2v) is 4.68.